The van der Waals surface area contributed by atoms with Gasteiger partial charge in [0.15, 0.2) is 0 Å². The molecule has 0 saturated carbocycles. The van der Waals surface area contributed by atoms with E-state index in [2.05, 4.69) is 24.4 Å². The number of ether oxygens (including phenoxy) is 1. The Morgan fingerprint density at radius 2 is 2.00 bits per heavy atom. The molecule has 0 aliphatic carbocycles. The van der Waals surface area contributed by atoms with Crippen molar-refractivity contribution in [1.82, 2.24) is 10.2 Å². The molecule has 1 atom stereocenters. The summed E-state index contributed by atoms with van der Waals surface area (Å²) in [5, 5.41) is 2.93. The molecule has 5 nitrogen and oxygen atoms in total. The van der Waals surface area contributed by atoms with Crippen LogP contribution in [-0.4, -0.2) is 41.9 Å². The van der Waals surface area contributed by atoms with Gasteiger partial charge in [0.1, 0.15) is 0 Å². The lowest BCUT2D eigenvalue weighted by Crippen LogP contribution is -2.46. The fraction of sp³-hybridized carbons (Fsp3) is 0.600. The van der Waals surface area contributed by atoms with Crippen LogP contribution in [0.4, 0.5) is 0 Å². The Bertz CT molecular complexity index is 609. The van der Waals surface area contributed by atoms with Crippen molar-refractivity contribution in [2.75, 3.05) is 13.1 Å². The summed E-state index contributed by atoms with van der Waals surface area (Å²) in [6, 6.07) is 8.30. The van der Waals surface area contributed by atoms with Crippen molar-refractivity contribution in [2.24, 2.45) is 0 Å². The first kappa shape index (κ1) is 17.9. The number of benzene rings is 1. The van der Waals surface area contributed by atoms with E-state index in [9.17, 15) is 9.59 Å². The van der Waals surface area contributed by atoms with E-state index in [1.54, 1.807) is 0 Å². The van der Waals surface area contributed by atoms with Gasteiger partial charge < -0.3 is 15.0 Å². The van der Waals surface area contributed by atoms with Gasteiger partial charge in [0, 0.05) is 32.0 Å². The third kappa shape index (κ3) is 5.05. The molecule has 3 rings (SSSR count). The molecule has 136 valence electrons. The topological polar surface area (TPSA) is 58.6 Å². The number of hydrogen-bond acceptors (Lipinski definition) is 3. The van der Waals surface area contributed by atoms with Crippen LogP contribution in [0.3, 0.4) is 0 Å². The Balaban J connectivity index is 1.40. The van der Waals surface area contributed by atoms with Gasteiger partial charge in [-0.25, -0.2) is 0 Å². The Morgan fingerprint density at radius 3 is 2.72 bits per heavy atom. The van der Waals surface area contributed by atoms with Crippen LogP contribution in [0.15, 0.2) is 24.3 Å². The SMILES string of the molecule is Cc1ccccc1COC1CCN(C(=O)CC2CCCC(=O)N2)CC1. The summed E-state index contributed by atoms with van der Waals surface area (Å²) in [6.07, 6.45) is 4.81. The monoisotopic (exact) mass is 344 g/mol. The van der Waals surface area contributed by atoms with Gasteiger partial charge in [-0.05, 0) is 43.7 Å². The summed E-state index contributed by atoms with van der Waals surface area (Å²) >= 11 is 0. The van der Waals surface area contributed by atoms with Crippen molar-refractivity contribution < 1.29 is 14.3 Å². The summed E-state index contributed by atoms with van der Waals surface area (Å²) in [6.45, 7) is 4.24. The summed E-state index contributed by atoms with van der Waals surface area (Å²) in [5.41, 5.74) is 2.48. The van der Waals surface area contributed by atoms with Gasteiger partial charge in [0.25, 0.3) is 0 Å². The molecule has 2 heterocycles. The highest BCUT2D eigenvalue weighted by Gasteiger charge is 2.27. The Hall–Kier alpha value is -1.88. The van der Waals surface area contributed by atoms with Gasteiger partial charge >= 0.3 is 0 Å². The van der Waals surface area contributed by atoms with E-state index in [0.717, 1.165) is 38.8 Å². The normalized spacial score (nSPS) is 21.9. The molecular weight excluding hydrogens is 316 g/mol. The summed E-state index contributed by atoms with van der Waals surface area (Å²) in [7, 11) is 0. The Labute approximate surface area is 149 Å². The lowest BCUT2D eigenvalue weighted by atomic mass is 10.00. The zero-order valence-corrected chi connectivity index (χ0v) is 15.0. The number of amides is 2. The zero-order chi connectivity index (χ0) is 17.6. The molecule has 0 bridgehead atoms. The minimum atomic E-state index is 0.0174. The third-order valence-corrected chi connectivity index (χ3v) is 5.27. The van der Waals surface area contributed by atoms with Crippen LogP contribution in [0, 0.1) is 6.92 Å². The van der Waals surface area contributed by atoms with Crippen molar-refractivity contribution in [3.63, 3.8) is 0 Å². The van der Waals surface area contributed by atoms with Crippen LogP contribution in [0.5, 0.6) is 0 Å². The van der Waals surface area contributed by atoms with Crippen LogP contribution in [0.2, 0.25) is 0 Å². The zero-order valence-electron chi connectivity index (χ0n) is 15.0. The number of nitrogens with one attached hydrogen (secondary N) is 1. The average Bonchev–Trinajstić information content (AvgIpc) is 2.61. The molecule has 0 radical (unpaired) electrons. The van der Waals surface area contributed by atoms with E-state index < -0.39 is 0 Å². The first-order chi connectivity index (χ1) is 12.1. The minimum absolute atomic E-state index is 0.0174. The molecule has 1 aromatic rings. The van der Waals surface area contributed by atoms with Crippen molar-refractivity contribution in [2.45, 2.75) is 64.2 Å². The second-order valence-electron chi connectivity index (χ2n) is 7.18. The van der Waals surface area contributed by atoms with Gasteiger partial charge in [-0.2, -0.15) is 0 Å². The van der Waals surface area contributed by atoms with Gasteiger partial charge in [-0.1, -0.05) is 24.3 Å². The number of likely N-dealkylation sites (tertiary alicyclic amines) is 1. The smallest absolute Gasteiger partial charge is 0.224 e. The molecule has 2 saturated heterocycles. The van der Waals surface area contributed by atoms with Crippen molar-refractivity contribution in [3.8, 4) is 0 Å². The fourth-order valence-electron chi connectivity index (χ4n) is 3.63. The lowest BCUT2D eigenvalue weighted by Gasteiger charge is -2.33. The number of carbonyl (C=O) groups excluding carboxylic acids is 2. The van der Waals surface area contributed by atoms with Crippen LogP contribution in [-0.2, 0) is 20.9 Å². The van der Waals surface area contributed by atoms with Crippen molar-refractivity contribution in [3.05, 3.63) is 35.4 Å². The first-order valence-corrected chi connectivity index (χ1v) is 9.35. The second-order valence-corrected chi connectivity index (χ2v) is 7.18. The van der Waals surface area contributed by atoms with Gasteiger partial charge in [-0.15, -0.1) is 0 Å². The van der Waals surface area contributed by atoms with Gasteiger partial charge in [-0.3, -0.25) is 9.59 Å². The highest BCUT2D eigenvalue weighted by molar-refractivity contribution is 5.80. The maximum Gasteiger partial charge on any atom is 0.224 e. The number of aryl methyl sites for hydroxylation is 1. The van der Waals surface area contributed by atoms with Gasteiger partial charge in [0.05, 0.1) is 12.7 Å². The molecule has 25 heavy (non-hydrogen) atoms. The number of piperidine rings is 2. The van der Waals surface area contributed by atoms with E-state index in [-0.39, 0.29) is 24.0 Å². The van der Waals surface area contributed by atoms with E-state index in [1.807, 2.05) is 17.0 Å². The van der Waals surface area contributed by atoms with Crippen molar-refractivity contribution >= 4 is 11.8 Å². The standard InChI is InChI=1S/C20H28N2O3/c1-15-5-2-3-6-16(15)14-25-18-9-11-22(12-10-18)20(24)13-17-7-4-8-19(23)21-17/h2-3,5-6,17-18H,4,7-14H2,1H3,(H,21,23). The van der Waals surface area contributed by atoms with Gasteiger partial charge in [0.2, 0.25) is 11.8 Å². The second kappa shape index (κ2) is 8.48. The van der Waals surface area contributed by atoms with Crippen LogP contribution in [0.25, 0.3) is 0 Å². The van der Waals surface area contributed by atoms with E-state index in [1.165, 1.54) is 11.1 Å². The molecular formula is C20H28N2O3. The first-order valence-electron chi connectivity index (χ1n) is 9.35. The maximum absolute atomic E-state index is 12.4. The molecule has 0 spiro atoms. The molecule has 2 aliphatic rings. The number of hydrogen-bond donors (Lipinski definition) is 1. The molecule has 2 aliphatic heterocycles. The summed E-state index contributed by atoms with van der Waals surface area (Å²) < 4.78 is 6.05. The molecule has 5 heteroatoms. The summed E-state index contributed by atoms with van der Waals surface area (Å²) in [4.78, 5) is 25.8. The maximum atomic E-state index is 12.4. The summed E-state index contributed by atoms with van der Waals surface area (Å²) in [5.74, 6) is 0.233. The molecule has 2 fully saturated rings. The van der Waals surface area contributed by atoms with E-state index in [0.29, 0.717) is 19.4 Å². The number of nitrogens with zero attached hydrogens (tertiary/aromatic N) is 1. The molecule has 0 aromatic heterocycles. The third-order valence-electron chi connectivity index (χ3n) is 5.27. The quantitative estimate of drug-likeness (QED) is 0.893. The largest absolute Gasteiger partial charge is 0.373 e. The molecule has 1 unspecified atom stereocenters. The predicted molar refractivity (Wildman–Crippen MR) is 96.0 cm³/mol. The lowest BCUT2D eigenvalue weighted by molar-refractivity contribution is -0.135. The number of rotatable bonds is 5. The molecule has 1 N–H and O–H groups in total. The Kier molecular flexibility index (Phi) is 6.08. The fourth-order valence-corrected chi connectivity index (χ4v) is 3.63. The number of carbonyl (C=O) groups is 2. The Morgan fingerprint density at radius 1 is 1.24 bits per heavy atom. The van der Waals surface area contributed by atoms with E-state index >= 15 is 0 Å². The molecule has 1 aromatic carbocycles. The van der Waals surface area contributed by atoms with Crippen LogP contribution >= 0.6 is 0 Å². The predicted octanol–water partition coefficient (Wildman–Crippen LogP) is 2.56. The van der Waals surface area contributed by atoms with Crippen LogP contribution < -0.4 is 5.32 Å². The van der Waals surface area contributed by atoms with Crippen molar-refractivity contribution in [1.29, 1.82) is 0 Å². The molecule has 2 amide bonds. The van der Waals surface area contributed by atoms with Crippen LogP contribution in [0.1, 0.15) is 49.7 Å². The van der Waals surface area contributed by atoms with E-state index in [4.69, 9.17) is 4.74 Å². The average molecular weight is 344 g/mol. The minimum Gasteiger partial charge on any atom is -0.373 e. The highest BCUT2D eigenvalue weighted by Crippen LogP contribution is 2.19. The highest BCUT2D eigenvalue weighted by atomic mass is 16.5.